The molecule has 4 aliphatic rings. The molecule has 16 heavy (non-hydrogen) atoms. The molecule has 5 rings (SSSR count). The molecule has 1 nitrogen and oxygen atoms in total. The lowest BCUT2D eigenvalue weighted by molar-refractivity contribution is 0.317. The monoisotopic (exact) mass is 205 g/mol. The number of nitriles is 1. The van der Waals surface area contributed by atoms with Crippen LogP contribution in [0.25, 0.3) is 0 Å². The molecule has 2 bridgehead atoms. The van der Waals surface area contributed by atoms with E-state index in [-0.39, 0.29) is 0 Å². The van der Waals surface area contributed by atoms with Crippen LogP contribution in [0.4, 0.5) is 0 Å². The predicted molar refractivity (Wildman–Crippen MR) is 61.9 cm³/mol. The van der Waals surface area contributed by atoms with Gasteiger partial charge in [0.05, 0.1) is 11.6 Å². The van der Waals surface area contributed by atoms with Gasteiger partial charge in [0.2, 0.25) is 0 Å². The SMILES string of the molecule is N#Cc1ccc2c(c1)[C@@H]1C=C[C@H]2[C@H]2C=C[C@@H]21. The molecule has 0 saturated carbocycles. The highest BCUT2D eigenvalue weighted by Crippen LogP contribution is 2.56. The molecule has 0 fully saturated rings. The Morgan fingerprint density at radius 1 is 0.875 bits per heavy atom. The van der Waals surface area contributed by atoms with Crippen molar-refractivity contribution in [3.05, 3.63) is 59.2 Å². The van der Waals surface area contributed by atoms with Gasteiger partial charge in [-0.2, -0.15) is 5.26 Å². The summed E-state index contributed by atoms with van der Waals surface area (Å²) in [6, 6.07) is 8.42. The molecule has 0 aromatic heterocycles. The standard InChI is InChI=1S/C15H11N/c16-8-9-1-2-13-11-5-6-14(15(13)7-9)12-4-3-10(11)12/h1-7,10-12,14H/t10-,11+,12+,14-/m1/s1. The number of hydrogen-bond acceptors (Lipinski definition) is 1. The Bertz CT molecular complexity index is 574. The van der Waals surface area contributed by atoms with Crippen LogP contribution >= 0.6 is 0 Å². The van der Waals surface area contributed by atoms with E-state index in [1.165, 1.54) is 11.1 Å². The van der Waals surface area contributed by atoms with Crippen LogP contribution in [0.15, 0.2) is 42.5 Å². The van der Waals surface area contributed by atoms with Crippen LogP contribution in [0.3, 0.4) is 0 Å². The van der Waals surface area contributed by atoms with Crippen LogP contribution in [-0.4, -0.2) is 0 Å². The van der Waals surface area contributed by atoms with Gasteiger partial charge in [0.25, 0.3) is 0 Å². The van der Waals surface area contributed by atoms with Crippen molar-refractivity contribution in [1.29, 1.82) is 5.26 Å². The average molecular weight is 205 g/mol. The highest BCUT2D eigenvalue weighted by atomic mass is 14.5. The molecule has 4 aliphatic carbocycles. The van der Waals surface area contributed by atoms with E-state index in [0.29, 0.717) is 17.8 Å². The highest BCUT2D eigenvalue weighted by Gasteiger charge is 2.45. The first kappa shape index (κ1) is 8.35. The predicted octanol–water partition coefficient (Wildman–Crippen LogP) is 3.11. The van der Waals surface area contributed by atoms with Crippen LogP contribution in [0.2, 0.25) is 0 Å². The van der Waals surface area contributed by atoms with Gasteiger partial charge in [-0.3, -0.25) is 0 Å². The highest BCUT2D eigenvalue weighted by molar-refractivity contribution is 5.53. The van der Waals surface area contributed by atoms with Gasteiger partial charge in [-0.25, -0.2) is 0 Å². The minimum Gasteiger partial charge on any atom is -0.192 e. The molecule has 0 spiro atoms. The van der Waals surface area contributed by atoms with Gasteiger partial charge in [-0.15, -0.1) is 0 Å². The Morgan fingerprint density at radius 3 is 2.19 bits per heavy atom. The minimum atomic E-state index is 0.517. The second-order valence-corrected chi connectivity index (χ2v) is 4.93. The summed E-state index contributed by atoms with van der Waals surface area (Å²) in [5.41, 5.74) is 3.62. The van der Waals surface area contributed by atoms with E-state index in [0.717, 1.165) is 11.5 Å². The Kier molecular flexibility index (Phi) is 1.38. The summed E-state index contributed by atoms with van der Waals surface area (Å²) in [6.45, 7) is 0. The van der Waals surface area contributed by atoms with Gasteiger partial charge in [0.15, 0.2) is 0 Å². The van der Waals surface area contributed by atoms with Gasteiger partial charge in [0, 0.05) is 11.8 Å². The second kappa shape index (κ2) is 2.65. The maximum absolute atomic E-state index is 8.96. The largest absolute Gasteiger partial charge is 0.192 e. The molecule has 0 heterocycles. The van der Waals surface area contributed by atoms with E-state index in [4.69, 9.17) is 5.26 Å². The van der Waals surface area contributed by atoms with Gasteiger partial charge in [0.1, 0.15) is 0 Å². The maximum Gasteiger partial charge on any atom is 0.0991 e. The summed E-state index contributed by atoms with van der Waals surface area (Å²) in [7, 11) is 0. The summed E-state index contributed by atoms with van der Waals surface area (Å²) in [5.74, 6) is 2.48. The van der Waals surface area contributed by atoms with Gasteiger partial charge >= 0.3 is 0 Å². The normalized spacial score (nSPS) is 36.2. The fourth-order valence-corrected chi connectivity index (χ4v) is 3.44. The number of allylic oxidation sites excluding steroid dienone is 4. The fraction of sp³-hybridized carbons (Fsp3) is 0.267. The molecular formula is C15H11N. The second-order valence-electron chi connectivity index (χ2n) is 4.93. The van der Waals surface area contributed by atoms with Crippen molar-refractivity contribution in [3.8, 4) is 6.07 Å². The van der Waals surface area contributed by atoms with Crippen LogP contribution < -0.4 is 0 Å². The van der Waals surface area contributed by atoms with E-state index in [1.807, 2.05) is 6.07 Å². The quantitative estimate of drug-likeness (QED) is 0.597. The van der Waals surface area contributed by atoms with Gasteiger partial charge < -0.3 is 0 Å². The third-order valence-corrected chi connectivity index (χ3v) is 4.29. The molecule has 0 N–H and O–H groups in total. The summed E-state index contributed by atoms with van der Waals surface area (Å²) >= 11 is 0. The first-order valence-electron chi connectivity index (χ1n) is 5.79. The number of hydrogen-bond donors (Lipinski definition) is 0. The van der Waals surface area contributed by atoms with Crippen LogP contribution in [0.5, 0.6) is 0 Å². The van der Waals surface area contributed by atoms with Crippen molar-refractivity contribution >= 4 is 0 Å². The number of rotatable bonds is 0. The first-order chi connectivity index (χ1) is 7.88. The molecule has 0 saturated heterocycles. The molecule has 76 valence electrons. The van der Waals surface area contributed by atoms with E-state index in [1.54, 1.807) is 0 Å². The number of benzene rings is 1. The Hall–Kier alpha value is -1.81. The lowest BCUT2D eigenvalue weighted by atomic mass is 9.55. The van der Waals surface area contributed by atoms with Crippen molar-refractivity contribution < 1.29 is 0 Å². The molecule has 0 aliphatic heterocycles. The molecule has 0 amide bonds. The Morgan fingerprint density at radius 2 is 1.56 bits per heavy atom. The molecule has 4 atom stereocenters. The van der Waals surface area contributed by atoms with E-state index in [2.05, 4.69) is 42.5 Å². The maximum atomic E-state index is 8.96. The lowest BCUT2D eigenvalue weighted by Gasteiger charge is -2.48. The zero-order valence-electron chi connectivity index (χ0n) is 8.80. The summed E-state index contributed by atoms with van der Waals surface area (Å²) in [4.78, 5) is 0. The molecule has 1 aromatic rings. The summed E-state index contributed by atoms with van der Waals surface area (Å²) in [6.07, 6.45) is 9.35. The smallest absolute Gasteiger partial charge is 0.0991 e. The van der Waals surface area contributed by atoms with Crippen LogP contribution in [0, 0.1) is 23.2 Å². The third kappa shape index (κ3) is 0.818. The fourth-order valence-electron chi connectivity index (χ4n) is 3.44. The average Bonchev–Trinajstić information content (AvgIpc) is 2.29. The van der Waals surface area contributed by atoms with Crippen molar-refractivity contribution in [2.24, 2.45) is 11.8 Å². The topological polar surface area (TPSA) is 23.8 Å². The number of nitrogens with zero attached hydrogens (tertiary/aromatic N) is 1. The Balaban J connectivity index is 1.95. The first-order valence-corrected chi connectivity index (χ1v) is 5.79. The third-order valence-electron chi connectivity index (χ3n) is 4.29. The molecule has 0 unspecified atom stereocenters. The van der Waals surface area contributed by atoms with Crippen molar-refractivity contribution in [2.45, 2.75) is 11.8 Å². The molecular weight excluding hydrogens is 194 g/mol. The Labute approximate surface area is 94.7 Å². The van der Waals surface area contributed by atoms with Crippen molar-refractivity contribution in [2.75, 3.05) is 0 Å². The van der Waals surface area contributed by atoms with E-state index in [9.17, 15) is 0 Å². The lowest BCUT2D eigenvalue weighted by Crippen LogP contribution is -2.37. The van der Waals surface area contributed by atoms with E-state index < -0.39 is 0 Å². The molecule has 1 heteroatoms. The van der Waals surface area contributed by atoms with Crippen molar-refractivity contribution in [3.63, 3.8) is 0 Å². The summed E-state index contributed by atoms with van der Waals surface area (Å²) < 4.78 is 0. The van der Waals surface area contributed by atoms with Crippen LogP contribution in [0.1, 0.15) is 28.5 Å². The van der Waals surface area contributed by atoms with Gasteiger partial charge in [-0.05, 0) is 35.1 Å². The van der Waals surface area contributed by atoms with Crippen molar-refractivity contribution in [1.82, 2.24) is 0 Å². The van der Waals surface area contributed by atoms with Gasteiger partial charge in [-0.1, -0.05) is 30.4 Å². The molecule has 0 radical (unpaired) electrons. The zero-order valence-corrected chi connectivity index (χ0v) is 8.80. The minimum absolute atomic E-state index is 0.517. The zero-order chi connectivity index (χ0) is 10.7. The van der Waals surface area contributed by atoms with E-state index >= 15 is 0 Å². The molecule has 1 aromatic carbocycles. The van der Waals surface area contributed by atoms with Crippen LogP contribution in [-0.2, 0) is 0 Å². The summed E-state index contributed by atoms with van der Waals surface area (Å²) in [5, 5.41) is 8.96.